The monoisotopic (exact) mass is 664 g/mol. The van der Waals surface area contributed by atoms with Gasteiger partial charge in [-0.05, 0) is 98.7 Å². The van der Waals surface area contributed by atoms with E-state index in [2.05, 4.69) is 26.8 Å². The van der Waals surface area contributed by atoms with Gasteiger partial charge >= 0.3 is 11.9 Å². The van der Waals surface area contributed by atoms with Gasteiger partial charge in [0, 0.05) is 5.41 Å². The average Bonchev–Trinajstić information content (AvgIpc) is 3.02. The molecule has 5 aliphatic carbocycles. The number of rotatable bonds is 5. The second-order valence-corrected chi connectivity index (χ2v) is 17.3. The predicted octanol–water partition coefficient (Wildman–Crippen LogP) is 2.79. The number of aliphatic hydroxyl groups is 5. The van der Waals surface area contributed by atoms with Crippen molar-refractivity contribution >= 4 is 11.9 Å². The molecule has 0 aromatic rings. The van der Waals surface area contributed by atoms with Crippen molar-refractivity contribution < 1.29 is 54.4 Å². The van der Waals surface area contributed by atoms with Crippen molar-refractivity contribution in [1.82, 2.24) is 0 Å². The summed E-state index contributed by atoms with van der Waals surface area (Å²) in [5.41, 5.74) is -2.39. The van der Waals surface area contributed by atoms with Crippen molar-refractivity contribution in [2.45, 2.75) is 129 Å². The minimum absolute atomic E-state index is 0.0553. The Morgan fingerprint density at radius 3 is 2.23 bits per heavy atom. The Morgan fingerprint density at radius 1 is 0.915 bits per heavy atom. The number of aliphatic carboxylic acids is 1. The van der Waals surface area contributed by atoms with E-state index in [1.54, 1.807) is 0 Å². The first-order valence-corrected chi connectivity index (χ1v) is 17.5. The molecule has 6 rings (SSSR count). The Morgan fingerprint density at radius 2 is 1.60 bits per heavy atom. The molecule has 266 valence electrons. The zero-order valence-corrected chi connectivity index (χ0v) is 28.8. The van der Waals surface area contributed by atoms with Gasteiger partial charge in [-0.15, -0.1) is 0 Å². The Hall–Kier alpha value is -1.60. The van der Waals surface area contributed by atoms with Crippen LogP contribution in [0.25, 0.3) is 0 Å². The van der Waals surface area contributed by atoms with E-state index in [0.29, 0.717) is 38.5 Å². The minimum Gasteiger partial charge on any atom is -0.481 e. The van der Waals surface area contributed by atoms with E-state index in [-0.39, 0.29) is 47.8 Å². The summed E-state index contributed by atoms with van der Waals surface area (Å²) in [4.78, 5) is 26.1. The summed E-state index contributed by atoms with van der Waals surface area (Å²) in [6, 6.07) is 0. The molecule has 0 radical (unpaired) electrons. The van der Waals surface area contributed by atoms with Crippen LogP contribution in [0.4, 0.5) is 0 Å². The van der Waals surface area contributed by atoms with Crippen LogP contribution in [0.1, 0.15) is 92.4 Å². The molecule has 1 aliphatic heterocycles. The van der Waals surface area contributed by atoms with Crippen molar-refractivity contribution in [3.05, 3.63) is 11.6 Å². The van der Waals surface area contributed by atoms with Crippen LogP contribution < -0.4 is 0 Å². The molecule has 6 N–H and O–H groups in total. The maximum atomic E-state index is 13.1. The van der Waals surface area contributed by atoms with Crippen LogP contribution in [0.3, 0.4) is 0 Å². The summed E-state index contributed by atoms with van der Waals surface area (Å²) < 4.78 is 17.0. The third kappa shape index (κ3) is 4.69. The standard InChI is InChI=1S/C36H56O11/c1-31(30(44)45-6)11-13-36(29(42)43)14-12-34(4)19(20(36)15-31)7-8-24-32(2)16-21(38)27(47-28-26(41)25(40)22(39)17-46-28)33(3,18-37)23(32)9-10-35(24,34)5/h7,20-28,37-41H,8-18H2,1-6H3,(H,42,43)/t20-,21+,22-,23+,24-,25+,26-,27-,28+,31+,32-,33+,34-,35-,36+/m1/s1. The van der Waals surface area contributed by atoms with Crippen LogP contribution in [0, 0.1) is 50.2 Å². The lowest BCUT2D eigenvalue weighted by Gasteiger charge is -2.71. The van der Waals surface area contributed by atoms with E-state index in [1.165, 1.54) is 7.11 Å². The van der Waals surface area contributed by atoms with Crippen molar-refractivity contribution in [1.29, 1.82) is 0 Å². The van der Waals surface area contributed by atoms with Crippen LogP contribution in [-0.4, -0.2) is 99.7 Å². The Bertz CT molecular complexity index is 1300. The highest BCUT2D eigenvalue weighted by atomic mass is 16.7. The smallest absolute Gasteiger partial charge is 0.311 e. The largest absolute Gasteiger partial charge is 0.481 e. The third-order valence-corrected chi connectivity index (χ3v) is 15.3. The summed E-state index contributed by atoms with van der Waals surface area (Å²) in [7, 11) is 1.40. The number of carboxylic acids is 1. The fraction of sp³-hybridized carbons (Fsp3) is 0.889. The fourth-order valence-electron chi connectivity index (χ4n) is 12.3. The molecule has 0 spiro atoms. The minimum atomic E-state index is -1.51. The number of esters is 1. The van der Waals surface area contributed by atoms with Gasteiger partial charge in [0.15, 0.2) is 6.29 Å². The molecular weight excluding hydrogens is 608 g/mol. The number of carbonyl (C=O) groups is 2. The summed E-state index contributed by atoms with van der Waals surface area (Å²) >= 11 is 0. The topological polar surface area (TPSA) is 183 Å². The van der Waals surface area contributed by atoms with Crippen LogP contribution >= 0.6 is 0 Å². The van der Waals surface area contributed by atoms with Crippen molar-refractivity contribution in [3.63, 3.8) is 0 Å². The van der Waals surface area contributed by atoms with Gasteiger partial charge in [-0.1, -0.05) is 39.3 Å². The average molecular weight is 665 g/mol. The quantitative estimate of drug-likeness (QED) is 0.144. The molecule has 11 nitrogen and oxygen atoms in total. The first-order valence-electron chi connectivity index (χ1n) is 17.5. The first kappa shape index (κ1) is 35.2. The number of ether oxygens (including phenoxy) is 3. The molecule has 11 heteroatoms. The number of methoxy groups -OCH3 is 1. The summed E-state index contributed by atoms with van der Waals surface area (Å²) in [6.45, 7) is 10.2. The lowest BCUT2D eigenvalue weighted by Crippen LogP contribution is -2.69. The van der Waals surface area contributed by atoms with Gasteiger partial charge in [0.1, 0.15) is 18.3 Å². The number of hydrogen-bond acceptors (Lipinski definition) is 10. The molecular formula is C36H56O11. The Balaban J connectivity index is 1.35. The molecule has 0 aromatic heterocycles. The number of allylic oxidation sites excluding steroid dienone is 2. The molecule has 0 bridgehead atoms. The first-order chi connectivity index (χ1) is 21.9. The summed E-state index contributed by atoms with van der Waals surface area (Å²) in [5, 5.41) is 64.3. The van der Waals surface area contributed by atoms with Gasteiger partial charge in [-0.25, -0.2) is 0 Å². The van der Waals surface area contributed by atoms with Gasteiger partial charge in [-0.3, -0.25) is 9.59 Å². The number of carbonyl (C=O) groups excluding carboxylic acids is 1. The van der Waals surface area contributed by atoms with Crippen molar-refractivity contribution in [2.75, 3.05) is 20.3 Å². The zero-order chi connectivity index (χ0) is 34.5. The van der Waals surface area contributed by atoms with E-state index in [4.69, 9.17) is 14.2 Å². The maximum absolute atomic E-state index is 13.1. The van der Waals surface area contributed by atoms with Gasteiger partial charge in [0.05, 0.1) is 43.4 Å². The predicted molar refractivity (Wildman–Crippen MR) is 168 cm³/mol. The molecule has 0 aromatic carbocycles. The van der Waals surface area contributed by atoms with Crippen molar-refractivity contribution in [2.24, 2.45) is 50.2 Å². The SMILES string of the molecule is COC(=O)[C@@]1(C)CC[C@]2(C(=O)O)CC[C@]3(C)C(=CC[C@@H]4[C@]5(C)C[C@H](O)[C@@H](O[C@@H]6OC[C@@H](O)[C@H](O)[C@H]6O)[C@@](C)(CO)[C@H]5CC[C@]43C)[C@H]2C1. The summed E-state index contributed by atoms with van der Waals surface area (Å²) in [5.74, 6) is -1.29. The van der Waals surface area contributed by atoms with Gasteiger partial charge in [0.25, 0.3) is 0 Å². The lowest BCUT2D eigenvalue weighted by molar-refractivity contribution is -0.328. The zero-order valence-electron chi connectivity index (χ0n) is 28.8. The highest BCUT2D eigenvalue weighted by Crippen LogP contribution is 2.76. The molecule has 0 amide bonds. The Kier molecular flexibility index (Phi) is 8.60. The molecule has 0 unspecified atom stereocenters. The highest BCUT2D eigenvalue weighted by Gasteiger charge is 2.71. The summed E-state index contributed by atoms with van der Waals surface area (Å²) in [6.07, 6.45) is 0.204. The van der Waals surface area contributed by atoms with Gasteiger partial charge in [0.2, 0.25) is 0 Å². The van der Waals surface area contributed by atoms with Gasteiger partial charge < -0.3 is 44.8 Å². The Labute approximate surface area is 277 Å². The van der Waals surface area contributed by atoms with Crippen LogP contribution in [0.15, 0.2) is 11.6 Å². The highest BCUT2D eigenvalue weighted by molar-refractivity contribution is 5.80. The molecule has 47 heavy (non-hydrogen) atoms. The van der Waals surface area contributed by atoms with Gasteiger partial charge in [-0.2, -0.15) is 0 Å². The number of fused-ring (bicyclic) bond motifs is 7. The molecule has 1 saturated heterocycles. The van der Waals surface area contributed by atoms with E-state index in [1.807, 2.05) is 13.8 Å². The fourth-order valence-corrected chi connectivity index (χ4v) is 12.3. The van der Waals surface area contributed by atoms with E-state index in [0.717, 1.165) is 24.8 Å². The third-order valence-electron chi connectivity index (χ3n) is 15.3. The second-order valence-electron chi connectivity index (χ2n) is 17.3. The number of hydrogen-bond donors (Lipinski definition) is 6. The maximum Gasteiger partial charge on any atom is 0.311 e. The van der Waals surface area contributed by atoms with E-state index < -0.39 is 64.4 Å². The number of carboxylic acid groups (broad SMARTS) is 1. The van der Waals surface area contributed by atoms with E-state index in [9.17, 15) is 40.2 Å². The normalized spacial score (nSPS) is 54.2. The molecule has 4 saturated carbocycles. The lowest BCUT2D eigenvalue weighted by atomic mass is 9.33. The van der Waals surface area contributed by atoms with Crippen LogP contribution in [0.5, 0.6) is 0 Å². The molecule has 6 aliphatic rings. The van der Waals surface area contributed by atoms with Crippen LogP contribution in [-0.2, 0) is 23.8 Å². The van der Waals surface area contributed by atoms with E-state index >= 15 is 0 Å². The number of aliphatic hydroxyl groups excluding tert-OH is 5. The second kappa shape index (κ2) is 11.5. The molecule has 1 heterocycles. The van der Waals surface area contributed by atoms with Crippen LogP contribution in [0.2, 0.25) is 0 Å². The molecule has 15 atom stereocenters. The molecule has 5 fully saturated rings. The van der Waals surface area contributed by atoms with Crippen molar-refractivity contribution in [3.8, 4) is 0 Å².